The van der Waals surface area contributed by atoms with E-state index >= 15 is 0 Å². The number of anilines is 3. The highest BCUT2D eigenvalue weighted by Crippen LogP contribution is 2.45. The Hall–Kier alpha value is -6.58. The molecule has 3 heteroatoms. The molecule has 278 valence electrons. The predicted octanol–water partition coefficient (Wildman–Crippen LogP) is 15.1. The van der Waals surface area contributed by atoms with E-state index in [1.165, 1.54) is 65.5 Å². The van der Waals surface area contributed by atoms with Crippen LogP contribution in [0.4, 0.5) is 17.1 Å². The van der Waals surface area contributed by atoms with Gasteiger partial charge in [0.15, 0.2) is 0 Å². The molecule has 10 rings (SSSR count). The van der Waals surface area contributed by atoms with E-state index in [9.17, 15) is 0 Å². The molecule has 2 heterocycles. The fourth-order valence-electron chi connectivity index (χ4n) is 8.77. The summed E-state index contributed by atoms with van der Waals surface area (Å²) in [6, 6.07) is 65.1. The molecule has 3 nitrogen and oxygen atoms in total. The van der Waals surface area contributed by atoms with E-state index in [-0.39, 0.29) is 10.8 Å². The molecule has 0 fully saturated rings. The minimum atomic E-state index is 0.0170. The summed E-state index contributed by atoms with van der Waals surface area (Å²) in [7, 11) is 0. The second kappa shape index (κ2) is 13.0. The zero-order valence-corrected chi connectivity index (χ0v) is 33.6. The molecular weight excluding hydrogens is 691 g/mol. The van der Waals surface area contributed by atoms with Crippen molar-refractivity contribution in [3.05, 3.63) is 187 Å². The molecule has 57 heavy (non-hydrogen) atoms. The third kappa shape index (κ3) is 5.80. The Morgan fingerprint density at radius 3 is 1.23 bits per heavy atom. The van der Waals surface area contributed by atoms with Crippen molar-refractivity contribution in [2.24, 2.45) is 0 Å². The summed E-state index contributed by atoms with van der Waals surface area (Å²) < 4.78 is 4.83. The molecule has 10 aromatic rings. The topological polar surface area (TPSA) is 13.1 Å². The van der Waals surface area contributed by atoms with Gasteiger partial charge in [-0.3, -0.25) is 0 Å². The second-order valence-corrected chi connectivity index (χ2v) is 17.5. The summed E-state index contributed by atoms with van der Waals surface area (Å²) in [5.41, 5.74) is 13.2. The Balaban J connectivity index is 1.27. The van der Waals surface area contributed by atoms with Gasteiger partial charge in [-0.15, -0.1) is 0 Å². The normalized spacial score (nSPS) is 12.4. The van der Waals surface area contributed by atoms with Crippen LogP contribution in [0.25, 0.3) is 65.8 Å². The van der Waals surface area contributed by atoms with Crippen molar-refractivity contribution in [2.75, 3.05) is 4.90 Å². The standard InChI is InChI=1S/C54H47N3/c1-53(2,3)37-24-28-49-44(32-37)46-34-41(26-30-51(46)56(49)39-18-9-7-10-19-39)55(48-23-15-17-36-16-13-14-22-43(36)48)42-27-31-52-47(35-42)45-33-38(54(4,5)6)25-29-50(45)57(52)40-20-11-8-12-21-40/h7-35H,1-6H3. The van der Waals surface area contributed by atoms with Gasteiger partial charge >= 0.3 is 0 Å². The van der Waals surface area contributed by atoms with Crippen molar-refractivity contribution in [1.82, 2.24) is 9.13 Å². The summed E-state index contributed by atoms with van der Waals surface area (Å²) in [4.78, 5) is 2.47. The average Bonchev–Trinajstić information content (AvgIpc) is 3.72. The van der Waals surface area contributed by atoms with Gasteiger partial charge in [0.05, 0.1) is 27.8 Å². The van der Waals surface area contributed by atoms with Crippen LogP contribution < -0.4 is 4.90 Å². The first-order chi connectivity index (χ1) is 27.5. The Bertz CT molecular complexity index is 2950. The Kier molecular flexibility index (Phi) is 7.95. The molecular formula is C54H47N3. The molecule has 0 spiro atoms. The van der Waals surface area contributed by atoms with Crippen molar-refractivity contribution < 1.29 is 0 Å². The van der Waals surface area contributed by atoms with Gasteiger partial charge in [-0.2, -0.15) is 0 Å². The zero-order chi connectivity index (χ0) is 39.1. The third-order valence-corrected chi connectivity index (χ3v) is 11.8. The van der Waals surface area contributed by atoms with E-state index < -0.39 is 0 Å². The highest BCUT2D eigenvalue weighted by atomic mass is 15.1. The molecule has 8 aromatic carbocycles. The minimum absolute atomic E-state index is 0.0170. The minimum Gasteiger partial charge on any atom is -0.310 e. The second-order valence-electron chi connectivity index (χ2n) is 17.5. The molecule has 0 amide bonds. The largest absolute Gasteiger partial charge is 0.310 e. The number of rotatable bonds is 5. The van der Waals surface area contributed by atoms with E-state index in [0.717, 1.165) is 28.4 Å². The lowest BCUT2D eigenvalue weighted by Gasteiger charge is -2.27. The number of hydrogen-bond acceptors (Lipinski definition) is 1. The molecule has 0 unspecified atom stereocenters. The number of para-hydroxylation sites is 2. The lowest BCUT2D eigenvalue weighted by molar-refractivity contribution is 0.591. The van der Waals surface area contributed by atoms with Gasteiger partial charge in [0.1, 0.15) is 0 Å². The van der Waals surface area contributed by atoms with E-state index in [1.54, 1.807) is 0 Å². The van der Waals surface area contributed by atoms with E-state index in [0.29, 0.717) is 0 Å². The van der Waals surface area contributed by atoms with Crippen LogP contribution >= 0.6 is 0 Å². The summed E-state index contributed by atoms with van der Waals surface area (Å²) in [5.74, 6) is 0. The molecule has 2 aromatic heterocycles. The predicted molar refractivity (Wildman–Crippen MR) is 245 cm³/mol. The Morgan fingerprint density at radius 2 is 0.754 bits per heavy atom. The molecule has 0 radical (unpaired) electrons. The van der Waals surface area contributed by atoms with Crippen molar-refractivity contribution in [3.63, 3.8) is 0 Å². The van der Waals surface area contributed by atoms with Crippen LogP contribution in [0.5, 0.6) is 0 Å². The van der Waals surface area contributed by atoms with Gasteiger partial charge in [-0.05, 0) is 118 Å². The maximum Gasteiger partial charge on any atom is 0.0542 e. The molecule has 0 aliphatic heterocycles. The number of hydrogen-bond donors (Lipinski definition) is 0. The number of nitrogens with zero attached hydrogens (tertiary/aromatic N) is 3. The fraction of sp³-hybridized carbons (Fsp3) is 0.148. The van der Waals surface area contributed by atoms with Crippen LogP contribution in [-0.4, -0.2) is 9.13 Å². The van der Waals surface area contributed by atoms with Crippen LogP contribution in [0.1, 0.15) is 52.7 Å². The summed E-state index contributed by atoms with van der Waals surface area (Å²) in [6.07, 6.45) is 0. The molecule has 0 saturated carbocycles. The lowest BCUT2D eigenvalue weighted by atomic mass is 9.86. The first-order valence-corrected chi connectivity index (χ1v) is 20.1. The SMILES string of the molecule is CC(C)(C)c1ccc2c(c1)c1cc(N(c3ccc4c(c3)c3cc(C(C)(C)C)ccc3n4-c3ccccc3)c3cccc4ccccc34)ccc1n2-c1ccccc1. The third-order valence-electron chi connectivity index (χ3n) is 11.8. The van der Waals surface area contributed by atoms with Crippen LogP contribution in [0.2, 0.25) is 0 Å². The van der Waals surface area contributed by atoms with Gasteiger partial charge in [-0.1, -0.05) is 126 Å². The molecule has 0 saturated heterocycles. The highest BCUT2D eigenvalue weighted by Gasteiger charge is 2.23. The Labute approximate surface area is 335 Å². The van der Waals surface area contributed by atoms with Gasteiger partial charge in [0.25, 0.3) is 0 Å². The number of aromatic nitrogens is 2. The quantitative estimate of drug-likeness (QED) is 0.171. The van der Waals surface area contributed by atoms with Crippen molar-refractivity contribution in [2.45, 2.75) is 52.4 Å². The average molecular weight is 738 g/mol. The van der Waals surface area contributed by atoms with Crippen LogP contribution in [0, 0.1) is 0 Å². The van der Waals surface area contributed by atoms with Gasteiger partial charge in [0, 0.05) is 49.7 Å². The van der Waals surface area contributed by atoms with Crippen LogP contribution in [0.3, 0.4) is 0 Å². The van der Waals surface area contributed by atoms with Crippen molar-refractivity contribution in [1.29, 1.82) is 0 Å². The van der Waals surface area contributed by atoms with Gasteiger partial charge in [-0.25, -0.2) is 0 Å². The first kappa shape index (κ1) is 34.9. The summed E-state index contributed by atoms with van der Waals surface area (Å²) >= 11 is 0. The maximum atomic E-state index is 2.47. The molecule has 0 aliphatic rings. The summed E-state index contributed by atoms with van der Waals surface area (Å²) in [5, 5.41) is 7.42. The first-order valence-electron chi connectivity index (χ1n) is 20.1. The maximum absolute atomic E-state index is 2.47. The highest BCUT2D eigenvalue weighted by molar-refractivity contribution is 6.13. The van der Waals surface area contributed by atoms with Crippen LogP contribution in [-0.2, 0) is 10.8 Å². The smallest absolute Gasteiger partial charge is 0.0542 e. The molecule has 0 aliphatic carbocycles. The molecule has 0 N–H and O–H groups in total. The van der Waals surface area contributed by atoms with E-state index in [2.05, 4.69) is 232 Å². The van der Waals surface area contributed by atoms with Crippen molar-refractivity contribution in [3.8, 4) is 11.4 Å². The van der Waals surface area contributed by atoms with E-state index in [1.807, 2.05) is 0 Å². The van der Waals surface area contributed by atoms with E-state index in [4.69, 9.17) is 0 Å². The zero-order valence-electron chi connectivity index (χ0n) is 33.6. The summed E-state index contributed by atoms with van der Waals surface area (Å²) in [6.45, 7) is 13.8. The fourth-order valence-corrected chi connectivity index (χ4v) is 8.77. The van der Waals surface area contributed by atoms with Crippen LogP contribution in [0.15, 0.2) is 176 Å². The number of fused-ring (bicyclic) bond motifs is 7. The Morgan fingerprint density at radius 1 is 0.351 bits per heavy atom. The number of benzene rings is 8. The van der Waals surface area contributed by atoms with Gasteiger partial charge in [0.2, 0.25) is 0 Å². The molecule has 0 atom stereocenters. The van der Waals surface area contributed by atoms with Crippen molar-refractivity contribution >= 4 is 71.4 Å². The lowest BCUT2D eigenvalue weighted by Crippen LogP contribution is -2.11. The molecule has 0 bridgehead atoms. The monoisotopic (exact) mass is 737 g/mol. The van der Waals surface area contributed by atoms with Gasteiger partial charge < -0.3 is 14.0 Å².